The maximum absolute atomic E-state index is 12.7. The molecule has 0 aliphatic rings. The number of rotatable bonds is 2. The van der Waals surface area contributed by atoms with Crippen LogP contribution in [0.15, 0.2) is 53.0 Å². The maximum atomic E-state index is 12.7. The molecule has 80 valence electrons. The van der Waals surface area contributed by atoms with E-state index in [1.807, 2.05) is 0 Å². The first-order chi connectivity index (χ1) is 7.66. The zero-order valence-electron chi connectivity index (χ0n) is 8.28. The van der Waals surface area contributed by atoms with Gasteiger partial charge in [0, 0.05) is 15.6 Å². The van der Waals surface area contributed by atoms with E-state index < -0.39 is 0 Å². The summed E-state index contributed by atoms with van der Waals surface area (Å²) in [6.45, 7) is 0. The van der Waals surface area contributed by atoms with Crippen molar-refractivity contribution in [2.24, 2.45) is 0 Å². The van der Waals surface area contributed by atoms with Gasteiger partial charge < -0.3 is 0 Å². The molecule has 0 amide bonds. The SMILES string of the molecule is O=C(c1ccc(F)cc1)c1ccc(Br)cc1. The largest absolute Gasteiger partial charge is 0.289 e. The van der Waals surface area contributed by atoms with Gasteiger partial charge in [-0.25, -0.2) is 4.39 Å². The first-order valence-corrected chi connectivity index (χ1v) is 5.52. The van der Waals surface area contributed by atoms with Crippen LogP contribution in [0.3, 0.4) is 0 Å². The summed E-state index contributed by atoms with van der Waals surface area (Å²) in [5, 5.41) is 0. The molecule has 2 rings (SSSR count). The second-order valence-electron chi connectivity index (χ2n) is 3.34. The van der Waals surface area contributed by atoms with Crippen LogP contribution in [0.5, 0.6) is 0 Å². The molecule has 0 fully saturated rings. The number of ketones is 1. The van der Waals surface area contributed by atoms with E-state index >= 15 is 0 Å². The Kier molecular flexibility index (Phi) is 3.15. The van der Waals surface area contributed by atoms with Crippen LogP contribution in [0, 0.1) is 5.82 Å². The van der Waals surface area contributed by atoms with E-state index in [1.165, 1.54) is 24.3 Å². The molecule has 0 aliphatic heterocycles. The van der Waals surface area contributed by atoms with E-state index in [-0.39, 0.29) is 11.6 Å². The van der Waals surface area contributed by atoms with Crippen molar-refractivity contribution in [1.29, 1.82) is 0 Å². The van der Waals surface area contributed by atoms with Crippen LogP contribution in [0.4, 0.5) is 4.39 Å². The van der Waals surface area contributed by atoms with E-state index in [1.54, 1.807) is 24.3 Å². The van der Waals surface area contributed by atoms with Gasteiger partial charge in [0.15, 0.2) is 5.78 Å². The summed E-state index contributed by atoms with van der Waals surface area (Å²) in [4.78, 5) is 11.9. The van der Waals surface area contributed by atoms with Crippen molar-refractivity contribution in [3.63, 3.8) is 0 Å². The van der Waals surface area contributed by atoms with Gasteiger partial charge in [-0.3, -0.25) is 4.79 Å². The molecule has 0 atom stereocenters. The molecule has 0 aliphatic carbocycles. The van der Waals surface area contributed by atoms with Crippen molar-refractivity contribution < 1.29 is 9.18 Å². The Morgan fingerprint density at radius 1 is 0.875 bits per heavy atom. The van der Waals surface area contributed by atoms with Gasteiger partial charge in [-0.15, -0.1) is 0 Å². The van der Waals surface area contributed by atoms with Crippen molar-refractivity contribution >= 4 is 21.7 Å². The molecular formula is C13H8BrFO. The Labute approximate surface area is 101 Å². The van der Waals surface area contributed by atoms with Gasteiger partial charge in [-0.05, 0) is 48.5 Å². The fourth-order valence-electron chi connectivity index (χ4n) is 1.37. The highest BCUT2D eigenvalue weighted by atomic mass is 79.9. The van der Waals surface area contributed by atoms with E-state index in [0.717, 1.165) is 4.47 Å². The first kappa shape index (κ1) is 11.0. The summed E-state index contributed by atoms with van der Waals surface area (Å²) < 4.78 is 13.6. The Morgan fingerprint density at radius 2 is 1.31 bits per heavy atom. The van der Waals surface area contributed by atoms with Crippen molar-refractivity contribution in [2.75, 3.05) is 0 Å². The molecular weight excluding hydrogens is 271 g/mol. The van der Waals surface area contributed by atoms with Gasteiger partial charge in [-0.2, -0.15) is 0 Å². The van der Waals surface area contributed by atoms with Gasteiger partial charge in [0.2, 0.25) is 0 Å². The van der Waals surface area contributed by atoms with Crippen LogP contribution in [-0.2, 0) is 0 Å². The third-order valence-corrected chi connectivity index (χ3v) is 2.74. The van der Waals surface area contributed by atoms with Crippen molar-refractivity contribution in [1.82, 2.24) is 0 Å². The predicted molar refractivity (Wildman–Crippen MR) is 64.0 cm³/mol. The molecule has 0 radical (unpaired) electrons. The number of hydrogen-bond acceptors (Lipinski definition) is 1. The van der Waals surface area contributed by atoms with E-state index in [2.05, 4.69) is 15.9 Å². The summed E-state index contributed by atoms with van der Waals surface area (Å²) in [6, 6.07) is 12.6. The molecule has 16 heavy (non-hydrogen) atoms. The van der Waals surface area contributed by atoms with E-state index in [9.17, 15) is 9.18 Å². The number of carbonyl (C=O) groups is 1. The molecule has 0 saturated carbocycles. The lowest BCUT2D eigenvalue weighted by Crippen LogP contribution is -2.00. The Bertz CT molecular complexity index is 455. The Hall–Kier alpha value is -1.48. The molecule has 0 N–H and O–H groups in total. The highest BCUT2D eigenvalue weighted by Gasteiger charge is 2.08. The normalized spacial score (nSPS) is 10.1. The minimum absolute atomic E-state index is 0.104. The zero-order valence-corrected chi connectivity index (χ0v) is 9.87. The van der Waals surface area contributed by atoms with Crippen LogP contribution in [0.2, 0.25) is 0 Å². The minimum Gasteiger partial charge on any atom is -0.289 e. The molecule has 2 aromatic rings. The molecule has 1 nitrogen and oxygen atoms in total. The molecule has 0 saturated heterocycles. The van der Waals surface area contributed by atoms with Gasteiger partial charge in [-0.1, -0.05) is 15.9 Å². The molecule has 0 bridgehead atoms. The predicted octanol–water partition coefficient (Wildman–Crippen LogP) is 3.82. The average Bonchev–Trinajstić information content (AvgIpc) is 2.30. The number of halogens is 2. The van der Waals surface area contributed by atoms with Gasteiger partial charge in [0.25, 0.3) is 0 Å². The highest BCUT2D eigenvalue weighted by molar-refractivity contribution is 9.10. The lowest BCUT2D eigenvalue weighted by Gasteiger charge is -2.01. The third kappa shape index (κ3) is 2.36. The minimum atomic E-state index is -0.340. The standard InChI is InChI=1S/C13H8BrFO/c14-11-5-1-9(2-6-11)13(16)10-3-7-12(15)8-4-10/h1-8H. The van der Waals surface area contributed by atoms with Crippen molar-refractivity contribution in [3.05, 3.63) is 69.9 Å². The van der Waals surface area contributed by atoms with Gasteiger partial charge in [0.05, 0.1) is 0 Å². The first-order valence-electron chi connectivity index (χ1n) is 4.72. The second-order valence-corrected chi connectivity index (χ2v) is 4.26. The Balaban J connectivity index is 2.32. The van der Waals surface area contributed by atoms with E-state index in [0.29, 0.717) is 11.1 Å². The number of hydrogen-bond donors (Lipinski definition) is 0. The molecule has 0 spiro atoms. The number of carbonyl (C=O) groups excluding carboxylic acids is 1. The van der Waals surface area contributed by atoms with Crippen molar-refractivity contribution in [3.8, 4) is 0 Å². The molecule has 0 unspecified atom stereocenters. The summed E-state index contributed by atoms with van der Waals surface area (Å²) in [5.74, 6) is -0.445. The topological polar surface area (TPSA) is 17.1 Å². The fourth-order valence-corrected chi connectivity index (χ4v) is 1.63. The average molecular weight is 279 g/mol. The van der Waals surface area contributed by atoms with Gasteiger partial charge in [0.1, 0.15) is 5.82 Å². The highest BCUT2D eigenvalue weighted by Crippen LogP contribution is 2.14. The smallest absolute Gasteiger partial charge is 0.193 e. The maximum Gasteiger partial charge on any atom is 0.193 e. The molecule has 3 heteroatoms. The van der Waals surface area contributed by atoms with Crippen LogP contribution in [0.25, 0.3) is 0 Å². The second kappa shape index (κ2) is 4.58. The summed E-state index contributed by atoms with van der Waals surface area (Å²) in [5.41, 5.74) is 1.08. The molecule has 0 aromatic heterocycles. The molecule has 0 heterocycles. The van der Waals surface area contributed by atoms with Crippen LogP contribution in [0.1, 0.15) is 15.9 Å². The van der Waals surface area contributed by atoms with Crippen LogP contribution < -0.4 is 0 Å². The Morgan fingerprint density at radius 3 is 1.81 bits per heavy atom. The third-order valence-electron chi connectivity index (χ3n) is 2.21. The van der Waals surface area contributed by atoms with E-state index in [4.69, 9.17) is 0 Å². The fraction of sp³-hybridized carbons (Fsp3) is 0. The quantitative estimate of drug-likeness (QED) is 0.764. The van der Waals surface area contributed by atoms with Crippen molar-refractivity contribution in [2.45, 2.75) is 0 Å². The summed E-state index contributed by atoms with van der Waals surface area (Å²) >= 11 is 3.30. The summed E-state index contributed by atoms with van der Waals surface area (Å²) in [6.07, 6.45) is 0. The lowest BCUT2D eigenvalue weighted by atomic mass is 10.0. The van der Waals surface area contributed by atoms with Crippen LogP contribution >= 0.6 is 15.9 Å². The summed E-state index contributed by atoms with van der Waals surface area (Å²) in [7, 11) is 0. The zero-order chi connectivity index (χ0) is 11.5. The van der Waals surface area contributed by atoms with Crippen LogP contribution in [-0.4, -0.2) is 5.78 Å². The monoisotopic (exact) mass is 278 g/mol. The molecule has 2 aromatic carbocycles. The van der Waals surface area contributed by atoms with Gasteiger partial charge >= 0.3 is 0 Å². The lowest BCUT2D eigenvalue weighted by molar-refractivity contribution is 0.103. The number of benzene rings is 2.